The second-order valence-corrected chi connectivity index (χ2v) is 5.15. The number of nitrogens with one attached hydrogen (secondary N) is 1. The second kappa shape index (κ2) is 6.12. The van der Waals surface area contributed by atoms with Crippen molar-refractivity contribution < 1.29 is 9.21 Å². The third-order valence-corrected chi connectivity index (χ3v) is 3.30. The molecule has 0 bridgehead atoms. The van der Waals surface area contributed by atoms with E-state index >= 15 is 0 Å². The molecule has 1 amide bonds. The summed E-state index contributed by atoms with van der Waals surface area (Å²) < 4.78 is 5.34. The smallest absolute Gasteiger partial charge is 0.322 e. The number of rotatable bonds is 5. The third-order valence-electron chi connectivity index (χ3n) is 3.30. The molecule has 0 saturated carbocycles. The van der Waals surface area contributed by atoms with Crippen LogP contribution in [0.25, 0.3) is 0 Å². The van der Waals surface area contributed by atoms with Gasteiger partial charge >= 0.3 is 6.01 Å². The molecule has 1 aromatic heterocycles. The van der Waals surface area contributed by atoms with Crippen molar-refractivity contribution in [2.45, 2.75) is 38.6 Å². The summed E-state index contributed by atoms with van der Waals surface area (Å²) in [6.07, 6.45) is 2.15. The Labute approximate surface area is 112 Å². The normalized spacial score (nSPS) is 20.1. The molecule has 7 heteroatoms. The van der Waals surface area contributed by atoms with Gasteiger partial charge in [0.2, 0.25) is 11.8 Å². The Kier molecular flexibility index (Phi) is 4.49. The fourth-order valence-corrected chi connectivity index (χ4v) is 2.23. The number of anilines is 1. The first-order chi connectivity index (χ1) is 9.10. The molecule has 0 aromatic carbocycles. The number of carbonyl (C=O) groups is 1. The fraction of sp³-hybridized carbons (Fsp3) is 0.750. The van der Waals surface area contributed by atoms with Crippen LogP contribution in [-0.2, 0) is 4.79 Å². The van der Waals surface area contributed by atoms with Crippen molar-refractivity contribution in [3.8, 4) is 0 Å². The van der Waals surface area contributed by atoms with E-state index in [0.29, 0.717) is 25.0 Å². The summed E-state index contributed by atoms with van der Waals surface area (Å²) in [5.74, 6) is 0.536. The minimum Gasteiger partial charge on any atom is -0.408 e. The predicted octanol–water partition coefficient (Wildman–Crippen LogP) is 0.555. The largest absolute Gasteiger partial charge is 0.408 e. The molecule has 106 valence electrons. The fourth-order valence-electron chi connectivity index (χ4n) is 2.23. The highest BCUT2D eigenvalue weighted by atomic mass is 16.4. The van der Waals surface area contributed by atoms with Crippen LogP contribution in [-0.4, -0.2) is 46.7 Å². The van der Waals surface area contributed by atoms with E-state index in [-0.39, 0.29) is 17.8 Å². The van der Waals surface area contributed by atoms with Gasteiger partial charge in [-0.25, -0.2) is 0 Å². The van der Waals surface area contributed by atoms with Gasteiger partial charge in [0, 0.05) is 18.5 Å². The van der Waals surface area contributed by atoms with Crippen molar-refractivity contribution in [2.24, 2.45) is 5.73 Å². The Bertz CT molecular complexity index is 432. The number of hydrogen-bond acceptors (Lipinski definition) is 6. The zero-order chi connectivity index (χ0) is 13.8. The number of aromatic nitrogens is 2. The van der Waals surface area contributed by atoms with Crippen LogP contribution in [0.5, 0.6) is 0 Å². The highest BCUT2D eigenvalue weighted by molar-refractivity contribution is 5.90. The van der Waals surface area contributed by atoms with E-state index in [9.17, 15) is 4.79 Å². The molecule has 2 heterocycles. The lowest BCUT2D eigenvalue weighted by Crippen LogP contribution is -2.40. The highest BCUT2D eigenvalue weighted by Crippen LogP contribution is 2.17. The first-order valence-electron chi connectivity index (χ1n) is 6.67. The average Bonchev–Trinajstić information content (AvgIpc) is 2.97. The predicted molar refractivity (Wildman–Crippen MR) is 70.7 cm³/mol. The molecule has 2 rings (SSSR count). The van der Waals surface area contributed by atoms with E-state index in [1.165, 1.54) is 0 Å². The molecule has 0 radical (unpaired) electrons. The lowest BCUT2D eigenvalue weighted by molar-refractivity contribution is -0.117. The van der Waals surface area contributed by atoms with Crippen molar-refractivity contribution in [1.82, 2.24) is 15.1 Å². The molecule has 1 atom stereocenters. The summed E-state index contributed by atoms with van der Waals surface area (Å²) in [6.45, 7) is 5.73. The summed E-state index contributed by atoms with van der Waals surface area (Å²) in [6, 6.07) is 0.469. The molecule has 1 aliphatic rings. The van der Waals surface area contributed by atoms with Gasteiger partial charge in [0.05, 0.1) is 6.54 Å². The number of hydrogen-bond donors (Lipinski definition) is 2. The van der Waals surface area contributed by atoms with Gasteiger partial charge in [-0.1, -0.05) is 18.9 Å². The Morgan fingerprint density at radius 1 is 1.58 bits per heavy atom. The van der Waals surface area contributed by atoms with E-state index in [0.717, 1.165) is 19.4 Å². The molecule has 7 nitrogen and oxygen atoms in total. The molecular weight excluding hydrogens is 246 g/mol. The topological polar surface area (TPSA) is 97.3 Å². The van der Waals surface area contributed by atoms with Crippen molar-refractivity contribution in [3.63, 3.8) is 0 Å². The quantitative estimate of drug-likeness (QED) is 0.808. The zero-order valence-electron chi connectivity index (χ0n) is 11.4. The van der Waals surface area contributed by atoms with Gasteiger partial charge in [0.1, 0.15) is 0 Å². The van der Waals surface area contributed by atoms with E-state index < -0.39 is 0 Å². The minimum absolute atomic E-state index is 0.140. The summed E-state index contributed by atoms with van der Waals surface area (Å²) in [7, 11) is 0. The lowest BCUT2D eigenvalue weighted by atomic mass is 10.2. The van der Waals surface area contributed by atoms with Crippen LogP contribution < -0.4 is 11.1 Å². The van der Waals surface area contributed by atoms with Crippen LogP contribution in [0.4, 0.5) is 6.01 Å². The number of amides is 1. The minimum atomic E-state index is -0.140. The molecule has 1 fully saturated rings. The van der Waals surface area contributed by atoms with Gasteiger partial charge in [-0.05, 0) is 19.4 Å². The molecule has 0 aliphatic carbocycles. The van der Waals surface area contributed by atoms with Crippen LogP contribution in [0.3, 0.4) is 0 Å². The number of nitrogens with zero attached hydrogens (tertiary/aromatic N) is 3. The van der Waals surface area contributed by atoms with E-state index in [4.69, 9.17) is 10.2 Å². The van der Waals surface area contributed by atoms with Crippen LogP contribution >= 0.6 is 0 Å². The standard InChI is InChI=1S/C12H21N5O2/c1-8(2)11-15-16-12(19-11)14-10(18)7-17-5-3-4-9(17)6-13/h8-9H,3-7,13H2,1-2H3,(H,14,16,18). The summed E-state index contributed by atoms with van der Waals surface area (Å²) in [5, 5.41) is 10.3. The SMILES string of the molecule is CC(C)c1nnc(NC(=O)CN2CCCC2CN)o1. The number of likely N-dealkylation sites (tertiary alicyclic amines) is 1. The van der Waals surface area contributed by atoms with Gasteiger partial charge in [-0.2, -0.15) is 0 Å². The molecule has 1 aliphatic heterocycles. The van der Waals surface area contributed by atoms with Crippen LogP contribution in [0.2, 0.25) is 0 Å². The van der Waals surface area contributed by atoms with Crippen LogP contribution in [0.1, 0.15) is 38.5 Å². The zero-order valence-corrected chi connectivity index (χ0v) is 11.4. The van der Waals surface area contributed by atoms with E-state index in [2.05, 4.69) is 20.4 Å². The highest BCUT2D eigenvalue weighted by Gasteiger charge is 2.25. The van der Waals surface area contributed by atoms with Crippen molar-refractivity contribution in [3.05, 3.63) is 5.89 Å². The summed E-state index contributed by atoms with van der Waals surface area (Å²) in [4.78, 5) is 14.0. The monoisotopic (exact) mass is 267 g/mol. The first-order valence-corrected chi connectivity index (χ1v) is 6.67. The van der Waals surface area contributed by atoms with Gasteiger partial charge in [-0.15, -0.1) is 5.10 Å². The second-order valence-electron chi connectivity index (χ2n) is 5.15. The van der Waals surface area contributed by atoms with E-state index in [1.54, 1.807) is 0 Å². The maximum Gasteiger partial charge on any atom is 0.322 e. The molecule has 1 aromatic rings. The van der Waals surface area contributed by atoms with E-state index in [1.807, 2.05) is 13.8 Å². The van der Waals surface area contributed by atoms with Gasteiger partial charge in [0.15, 0.2) is 0 Å². The molecular formula is C12H21N5O2. The average molecular weight is 267 g/mol. The molecule has 19 heavy (non-hydrogen) atoms. The van der Waals surface area contributed by atoms with Crippen molar-refractivity contribution in [2.75, 3.05) is 25.0 Å². The maximum absolute atomic E-state index is 11.9. The lowest BCUT2D eigenvalue weighted by Gasteiger charge is -2.21. The molecule has 3 N–H and O–H groups in total. The maximum atomic E-state index is 11.9. The van der Waals surface area contributed by atoms with Gasteiger partial charge in [-0.3, -0.25) is 15.0 Å². The Hall–Kier alpha value is -1.47. The van der Waals surface area contributed by atoms with Crippen LogP contribution in [0, 0.1) is 0 Å². The third kappa shape index (κ3) is 3.51. The van der Waals surface area contributed by atoms with Gasteiger partial charge < -0.3 is 10.2 Å². The Morgan fingerprint density at radius 3 is 3.00 bits per heavy atom. The first kappa shape index (κ1) is 14.0. The molecule has 1 saturated heterocycles. The van der Waals surface area contributed by atoms with Crippen LogP contribution in [0.15, 0.2) is 4.42 Å². The number of carbonyl (C=O) groups excluding carboxylic acids is 1. The van der Waals surface area contributed by atoms with Gasteiger partial charge in [0.25, 0.3) is 0 Å². The molecule has 0 spiro atoms. The summed E-state index contributed by atoms with van der Waals surface area (Å²) >= 11 is 0. The Morgan fingerprint density at radius 2 is 2.37 bits per heavy atom. The Balaban J connectivity index is 1.86. The van der Waals surface area contributed by atoms with Crippen molar-refractivity contribution in [1.29, 1.82) is 0 Å². The van der Waals surface area contributed by atoms with Crippen molar-refractivity contribution >= 4 is 11.9 Å². The molecule has 1 unspecified atom stereocenters. The number of nitrogens with two attached hydrogens (primary N) is 1. The summed E-state index contributed by atoms with van der Waals surface area (Å²) in [5.41, 5.74) is 5.67.